The van der Waals surface area contributed by atoms with Crippen LogP contribution in [0.3, 0.4) is 0 Å². The van der Waals surface area contributed by atoms with Crippen LogP contribution in [0.15, 0.2) is 42.5 Å². The fourth-order valence-electron chi connectivity index (χ4n) is 3.81. The van der Waals surface area contributed by atoms with Crippen LogP contribution in [0.2, 0.25) is 0 Å². The van der Waals surface area contributed by atoms with Gasteiger partial charge < -0.3 is 10.1 Å². The molecular weight excluding hydrogens is 362 g/mol. The van der Waals surface area contributed by atoms with Crippen molar-refractivity contribution < 1.29 is 9.53 Å². The zero-order valence-electron chi connectivity index (χ0n) is 17.9. The largest absolute Gasteiger partial charge is 0.494 e. The number of nitrogens with one attached hydrogen (secondary N) is 1. The maximum Gasteiger partial charge on any atom is 0.238 e. The molecule has 0 saturated carbocycles. The zero-order chi connectivity index (χ0) is 20.6. The van der Waals surface area contributed by atoms with E-state index in [0.717, 1.165) is 56.1 Å². The predicted molar refractivity (Wildman–Crippen MR) is 119 cm³/mol. The molecule has 1 aliphatic heterocycles. The molecule has 0 atom stereocenters. The Bertz CT molecular complexity index is 796. The maximum absolute atomic E-state index is 12.6. The van der Waals surface area contributed by atoms with Crippen molar-refractivity contribution in [1.29, 1.82) is 0 Å². The second kappa shape index (κ2) is 10.4. The van der Waals surface area contributed by atoms with Gasteiger partial charge in [-0.2, -0.15) is 0 Å². The van der Waals surface area contributed by atoms with Gasteiger partial charge in [-0.25, -0.2) is 0 Å². The van der Waals surface area contributed by atoms with Crippen molar-refractivity contribution in [3.63, 3.8) is 0 Å². The highest BCUT2D eigenvalue weighted by atomic mass is 16.5. The van der Waals surface area contributed by atoms with Gasteiger partial charge in [-0.3, -0.25) is 14.6 Å². The van der Waals surface area contributed by atoms with Crippen LogP contribution in [0.4, 0.5) is 5.69 Å². The molecule has 0 unspecified atom stereocenters. The van der Waals surface area contributed by atoms with Crippen LogP contribution in [0.5, 0.6) is 5.75 Å². The summed E-state index contributed by atoms with van der Waals surface area (Å²) in [4.78, 5) is 17.3. The molecule has 29 heavy (non-hydrogen) atoms. The van der Waals surface area contributed by atoms with E-state index in [1.165, 1.54) is 11.1 Å². The number of amides is 1. The van der Waals surface area contributed by atoms with Crippen molar-refractivity contribution in [2.24, 2.45) is 0 Å². The number of hydrogen-bond acceptors (Lipinski definition) is 4. The lowest BCUT2D eigenvalue weighted by Gasteiger charge is -2.34. The van der Waals surface area contributed by atoms with E-state index in [0.29, 0.717) is 13.2 Å². The number of nitrogens with zero attached hydrogens (tertiary/aromatic N) is 2. The summed E-state index contributed by atoms with van der Waals surface area (Å²) in [5, 5.41) is 3.14. The maximum atomic E-state index is 12.6. The number of benzene rings is 2. The molecule has 0 bridgehead atoms. The van der Waals surface area contributed by atoms with Gasteiger partial charge in [0.1, 0.15) is 5.75 Å². The minimum Gasteiger partial charge on any atom is -0.494 e. The molecule has 0 aliphatic carbocycles. The van der Waals surface area contributed by atoms with Gasteiger partial charge in [0.25, 0.3) is 0 Å². The van der Waals surface area contributed by atoms with E-state index < -0.39 is 0 Å². The fraction of sp³-hybridized carbons (Fsp3) is 0.458. The summed E-state index contributed by atoms with van der Waals surface area (Å²) in [5.41, 5.74) is 4.59. The molecule has 2 aromatic carbocycles. The van der Waals surface area contributed by atoms with Crippen molar-refractivity contribution >= 4 is 11.6 Å². The molecule has 3 rings (SSSR count). The Morgan fingerprint density at radius 1 is 1.00 bits per heavy atom. The number of hydrogen-bond donors (Lipinski definition) is 1. The zero-order valence-corrected chi connectivity index (χ0v) is 17.9. The molecule has 2 aromatic rings. The number of carbonyl (C=O) groups is 1. The molecule has 5 heteroatoms. The van der Waals surface area contributed by atoms with Crippen LogP contribution in [0, 0.1) is 6.92 Å². The molecule has 1 aliphatic rings. The van der Waals surface area contributed by atoms with E-state index in [-0.39, 0.29) is 5.91 Å². The van der Waals surface area contributed by atoms with Crippen LogP contribution >= 0.6 is 0 Å². The third-order valence-corrected chi connectivity index (χ3v) is 5.48. The van der Waals surface area contributed by atoms with E-state index >= 15 is 0 Å². The van der Waals surface area contributed by atoms with Crippen molar-refractivity contribution in [2.75, 3.05) is 44.6 Å². The van der Waals surface area contributed by atoms with Crippen LogP contribution in [-0.2, 0) is 17.8 Å². The van der Waals surface area contributed by atoms with E-state index in [2.05, 4.69) is 53.2 Å². The van der Waals surface area contributed by atoms with Gasteiger partial charge in [0.2, 0.25) is 5.91 Å². The SMILES string of the molecule is CCOc1ccc(CN2CCN(CC(=O)Nc3c(C)cccc3CC)CC2)cc1. The van der Waals surface area contributed by atoms with Gasteiger partial charge in [-0.1, -0.05) is 37.3 Å². The number of para-hydroxylation sites is 1. The minimum absolute atomic E-state index is 0.0777. The molecule has 0 spiro atoms. The Hall–Kier alpha value is -2.37. The van der Waals surface area contributed by atoms with Gasteiger partial charge >= 0.3 is 0 Å². The van der Waals surface area contributed by atoms with Crippen molar-refractivity contribution in [3.05, 3.63) is 59.2 Å². The molecule has 156 valence electrons. The van der Waals surface area contributed by atoms with E-state index in [1.54, 1.807) is 0 Å². The van der Waals surface area contributed by atoms with Crippen LogP contribution in [0.25, 0.3) is 0 Å². The standard InChI is InChI=1S/C24H33N3O2/c1-4-21-8-6-7-19(3)24(21)25-23(28)18-27-15-13-26(14-16-27)17-20-9-11-22(12-10-20)29-5-2/h6-12H,4-5,13-18H2,1-3H3,(H,25,28). The lowest BCUT2D eigenvalue weighted by Crippen LogP contribution is -2.48. The quantitative estimate of drug-likeness (QED) is 0.740. The molecule has 1 saturated heterocycles. The van der Waals surface area contributed by atoms with Crippen molar-refractivity contribution in [3.8, 4) is 5.75 Å². The summed E-state index contributed by atoms with van der Waals surface area (Å²) in [5.74, 6) is 1.00. The minimum atomic E-state index is 0.0777. The summed E-state index contributed by atoms with van der Waals surface area (Å²) < 4.78 is 5.51. The van der Waals surface area contributed by atoms with Crippen LogP contribution in [0.1, 0.15) is 30.5 Å². The summed E-state index contributed by atoms with van der Waals surface area (Å²) in [7, 11) is 0. The van der Waals surface area contributed by atoms with Gasteiger partial charge in [-0.05, 0) is 49.1 Å². The second-order valence-corrected chi connectivity index (χ2v) is 7.64. The third-order valence-electron chi connectivity index (χ3n) is 5.48. The number of aryl methyl sites for hydroxylation is 2. The molecule has 0 aromatic heterocycles. The van der Waals surface area contributed by atoms with Gasteiger partial charge in [-0.15, -0.1) is 0 Å². The van der Waals surface area contributed by atoms with Gasteiger partial charge in [0.15, 0.2) is 0 Å². The average molecular weight is 396 g/mol. The van der Waals surface area contributed by atoms with E-state index in [1.807, 2.05) is 25.1 Å². The van der Waals surface area contributed by atoms with Crippen molar-refractivity contribution in [1.82, 2.24) is 9.80 Å². The molecule has 5 nitrogen and oxygen atoms in total. The molecule has 0 radical (unpaired) electrons. The lowest BCUT2D eigenvalue weighted by molar-refractivity contribution is -0.117. The lowest BCUT2D eigenvalue weighted by atomic mass is 10.1. The number of anilines is 1. The Labute approximate surface area is 174 Å². The van der Waals surface area contributed by atoms with Crippen LogP contribution in [-0.4, -0.2) is 55.0 Å². The third kappa shape index (κ3) is 6.05. The number of ether oxygens (including phenoxy) is 1. The summed E-state index contributed by atoms with van der Waals surface area (Å²) in [6.45, 7) is 12.0. The summed E-state index contributed by atoms with van der Waals surface area (Å²) >= 11 is 0. The summed E-state index contributed by atoms with van der Waals surface area (Å²) in [6, 6.07) is 14.5. The first-order valence-electron chi connectivity index (χ1n) is 10.6. The van der Waals surface area contributed by atoms with Crippen LogP contribution < -0.4 is 10.1 Å². The monoisotopic (exact) mass is 395 g/mol. The fourth-order valence-corrected chi connectivity index (χ4v) is 3.81. The van der Waals surface area contributed by atoms with Crippen molar-refractivity contribution in [2.45, 2.75) is 33.7 Å². The highest BCUT2D eigenvalue weighted by molar-refractivity contribution is 5.93. The van der Waals surface area contributed by atoms with Gasteiger partial charge in [0.05, 0.1) is 13.2 Å². The molecule has 1 fully saturated rings. The average Bonchev–Trinajstić information content (AvgIpc) is 2.72. The first-order chi connectivity index (χ1) is 14.1. The molecule has 1 N–H and O–H groups in total. The predicted octanol–water partition coefficient (Wildman–Crippen LogP) is 3.71. The number of rotatable bonds is 8. The Morgan fingerprint density at radius 2 is 1.69 bits per heavy atom. The smallest absolute Gasteiger partial charge is 0.238 e. The van der Waals surface area contributed by atoms with E-state index in [9.17, 15) is 4.79 Å². The highest BCUT2D eigenvalue weighted by Gasteiger charge is 2.19. The summed E-state index contributed by atoms with van der Waals surface area (Å²) in [6.07, 6.45) is 0.918. The molecular formula is C24H33N3O2. The first-order valence-corrected chi connectivity index (χ1v) is 10.6. The first kappa shape index (κ1) is 21.3. The molecule has 1 heterocycles. The normalized spacial score (nSPS) is 15.3. The Kier molecular flexibility index (Phi) is 7.67. The number of carbonyl (C=O) groups excluding carboxylic acids is 1. The topological polar surface area (TPSA) is 44.8 Å². The molecule has 1 amide bonds. The highest BCUT2D eigenvalue weighted by Crippen LogP contribution is 2.21. The van der Waals surface area contributed by atoms with E-state index in [4.69, 9.17) is 4.74 Å². The Balaban J connectivity index is 1.45. The van der Waals surface area contributed by atoms with Gasteiger partial charge in [0, 0.05) is 38.4 Å². The second-order valence-electron chi connectivity index (χ2n) is 7.64. The Morgan fingerprint density at radius 3 is 2.34 bits per heavy atom. The number of piperazine rings is 1.